The number of rotatable bonds is 4. The average Bonchev–Trinajstić information content (AvgIpc) is 2.80. The molecule has 0 aliphatic carbocycles. The van der Waals surface area contributed by atoms with E-state index in [1.54, 1.807) is 30.3 Å². The summed E-state index contributed by atoms with van der Waals surface area (Å²) in [5.41, 5.74) is 1.18. The number of hydrogen-bond donors (Lipinski definition) is 1. The third-order valence-electron chi connectivity index (χ3n) is 3.71. The SMILES string of the molecule is CN1C(=O)C(Nc2ccc(OC(F)(F)F)cc2)=C(c2ccccc2)C1=O. The molecule has 0 fully saturated rings. The van der Waals surface area contributed by atoms with Crippen molar-refractivity contribution in [2.24, 2.45) is 0 Å². The van der Waals surface area contributed by atoms with E-state index in [2.05, 4.69) is 10.1 Å². The van der Waals surface area contributed by atoms with Gasteiger partial charge in [0.05, 0.1) is 5.57 Å². The summed E-state index contributed by atoms with van der Waals surface area (Å²) in [5.74, 6) is -1.36. The highest BCUT2D eigenvalue weighted by atomic mass is 19.4. The first-order valence-corrected chi connectivity index (χ1v) is 7.51. The Morgan fingerprint density at radius 2 is 1.54 bits per heavy atom. The van der Waals surface area contributed by atoms with Crippen molar-refractivity contribution < 1.29 is 27.5 Å². The van der Waals surface area contributed by atoms with Gasteiger partial charge in [-0.2, -0.15) is 0 Å². The number of imide groups is 1. The van der Waals surface area contributed by atoms with Crippen LogP contribution >= 0.6 is 0 Å². The van der Waals surface area contributed by atoms with Crippen molar-refractivity contribution in [1.29, 1.82) is 0 Å². The van der Waals surface area contributed by atoms with Crippen molar-refractivity contribution in [3.8, 4) is 5.75 Å². The van der Waals surface area contributed by atoms with Gasteiger partial charge < -0.3 is 10.1 Å². The number of hydrogen-bond acceptors (Lipinski definition) is 4. The van der Waals surface area contributed by atoms with Crippen LogP contribution in [0, 0.1) is 0 Å². The van der Waals surface area contributed by atoms with Gasteiger partial charge in [0, 0.05) is 12.7 Å². The topological polar surface area (TPSA) is 58.6 Å². The summed E-state index contributed by atoms with van der Waals surface area (Å²) in [5, 5.41) is 2.82. The van der Waals surface area contributed by atoms with E-state index >= 15 is 0 Å². The first kappa shape index (κ1) is 17.5. The number of likely N-dealkylation sites (N-methyl/N-ethyl adjacent to an activating group) is 1. The van der Waals surface area contributed by atoms with Crippen molar-refractivity contribution in [3.63, 3.8) is 0 Å². The molecule has 1 heterocycles. The molecule has 1 N–H and O–H groups in total. The first-order chi connectivity index (χ1) is 12.3. The molecule has 0 saturated heterocycles. The van der Waals surface area contributed by atoms with Crippen LogP contribution in [-0.2, 0) is 9.59 Å². The molecule has 134 valence electrons. The monoisotopic (exact) mass is 362 g/mol. The van der Waals surface area contributed by atoms with E-state index in [0.29, 0.717) is 11.3 Å². The van der Waals surface area contributed by atoms with Crippen molar-refractivity contribution in [2.75, 3.05) is 12.4 Å². The molecule has 0 spiro atoms. The second-order valence-electron chi connectivity index (χ2n) is 5.48. The van der Waals surface area contributed by atoms with Crippen LogP contribution in [0.15, 0.2) is 60.3 Å². The number of carbonyl (C=O) groups is 2. The summed E-state index contributed by atoms with van der Waals surface area (Å²) in [6, 6.07) is 13.5. The van der Waals surface area contributed by atoms with E-state index in [4.69, 9.17) is 0 Å². The Morgan fingerprint density at radius 1 is 0.923 bits per heavy atom. The van der Waals surface area contributed by atoms with Crippen LogP contribution < -0.4 is 10.1 Å². The predicted molar refractivity (Wildman–Crippen MR) is 87.9 cm³/mol. The predicted octanol–water partition coefficient (Wildman–Crippen LogP) is 3.41. The first-order valence-electron chi connectivity index (χ1n) is 7.51. The number of ether oxygens (including phenoxy) is 1. The highest BCUT2D eigenvalue weighted by Crippen LogP contribution is 2.30. The van der Waals surface area contributed by atoms with Gasteiger partial charge in [-0.3, -0.25) is 14.5 Å². The van der Waals surface area contributed by atoms with Gasteiger partial charge in [-0.15, -0.1) is 13.2 Å². The fraction of sp³-hybridized carbons (Fsp3) is 0.111. The van der Waals surface area contributed by atoms with E-state index in [0.717, 1.165) is 17.0 Å². The lowest BCUT2D eigenvalue weighted by molar-refractivity contribution is -0.274. The number of anilines is 1. The van der Waals surface area contributed by atoms with Crippen LogP contribution in [0.4, 0.5) is 18.9 Å². The van der Waals surface area contributed by atoms with Crippen molar-refractivity contribution in [3.05, 3.63) is 65.9 Å². The van der Waals surface area contributed by atoms with Gasteiger partial charge >= 0.3 is 6.36 Å². The van der Waals surface area contributed by atoms with Crippen LogP contribution in [0.1, 0.15) is 5.56 Å². The molecule has 0 saturated carbocycles. The zero-order valence-electron chi connectivity index (χ0n) is 13.5. The van der Waals surface area contributed by atoms with Crippen LogP contribution in [0.25, 0.3) is 5.57 Å². The molecule has 1 aliphatic heterocycles. The van der Waals surface area contributed by atoms with Crippen LogP contribution in [-0.4, -0.2) is 30.1 Å². The molecular formula is C18H13F3N2O3. The third-order valence-corrected chi connectivity index (χ3v) is 3.71. The third kappa shape index (κ3) is 3.53. The molecule has 2 amide bonds. The molecule has 0 radical (unpaired) electrons. The van der Waals surface area contributed by atoms with Gasteiger partial charge in [0.1, 0.15) is 11.4 Å². The number of alkyl halides is 3. The molecule has 2 aromatic rings. The minimum Gasteiger partial charge on any atom is -0.406 e. The molecule has 1 aliphatic rings. The summed E-state index contributed by atoms with van der Waals surface area (Å²) < 4.78 is 40.4. The lowest BCUT2D eigenvalue weighted by Gasteiger charge is -2.11. The summed E-state index contributed by atoms with van der Waals surface area (Å²) in [4.78, 5) is 25.7. The summed E-state index contributed by atoms with van der Waals surface area (Å²) in [6.45, 7) is 0. The van der Waals surface area contributed by atoms with Crippen molar-refractivity contribution >= 4 is 23.1 Å². The van der Waals surface area contributed by atoms with Gasteiger partial charge in [-0.1, -0.05) is 30.3 Å². The van der Waals surface area contributed by atoms with Crippen LogP contribution in [0.2, 0.25) is 0 Å². The number of benzene rings is 2. The molecule has 26 heavy (non-hydrogen) atoms. The number of carbonyl (C=O) groups excluding carboxylic acids is 2. The Bertz CT molecular complexity index is 875. The van der Waals surface area contributed by atoms with Gasteiger partial charge in [0.2, 0.25) is 0 Å². The molecule has 2 aromatic carbocycles. The Hall–Kier alpha value is -3.29. The smallest absolute Gasteiger partial charge is 0.406 e. The molecule has 8 heteroatoms. The molecule has 0 bridgehead atoms. The molecule has 0 atom stereocenters. The minimum atomic E-state index is -4.78. The average molecular weight is 362 g/mol. The molecule has 5 nitrogen and oxygen atoms in total. The van der Waals surface area contributed by atoms with Crippen LogP contribution in [0.5, 0.6) is 5.75 Å². The van der Waals surface area contributed by atoms with E-state index in [1.807, 2.05) is 0 Å². The van der Waals surface area contributed by atoms with Gasteiger partial charge in [-0.25, -0.2) is 0 Å². The highest BCUT2D eigenvalue weighted by molar-refractivity contribution is 6.36. The Morgan fingerprint density at radius 3 is 2.12 bits per heavy atom. The van der Waals surface area contributed by atoms with Gasteiger partial charge in [0.15, 0.2) is 0 Å². The lowest BCUT2D eigenvalue weighted by Crippen LogP contribution is -2.27. The Labute approximate surface area is 146 Å². The second-order valence-corrected chi connectivity index (χ2v) is 5.48. The zero-order chi connectivity index (χ0) is 18.9. The maximum absolute atomic E-state index is 12.4. The van der Waals surface area contributed by atoms with Crippen molar-refractivity contribution in [2.45, 2.75) is 6.36 Å². The van der Waals surface area contributed by atoms with Gasteiger partial charge in [0.25, 0.3) is 11.8 Å². The highest BCUT2D eigenvalue weighted by Gasteiger charge is 2.36. The van der Waals surface area contributed by atoms with E-state index in [1.165, 1.54) is 19.2 Å². The maximum atomic E-state index is 12.4. The van der Waals surface area contributed by atoms with Crippen molar-refractivity contribution in [1.82, 2.24) is 4.90 Å². The fourth-order valence-corrected chi connectivity index (χ4v) is 2.51. The largest absolute Gasteiger partial charge is 0.573 e. The number of nitrogens with zero attached hydrogens (tertiary/aromatic N) is 1. The molecular weight excluding hydrogens is 349 g/mol. The summed E-state index contributed by atoms with van der Waals surface area (Å²) >= 11 is 0. The molecule has 0 aromatic heterocycles. The second kappa shape index (κ2) is 6.55. The zero-order valence-corrected chi connectivity index (χ0v) is 13.5. The Kier molecular flexibility index (Phi) is 4.41. The standard InChI is InChI=1S/C18H13F3N2O3/c1-23-16(24)14(11-5-3-2-4-6-11)15(17(23)25)22-12-7-9-13(10-8-12)26-18(19,20)21/h2-10,22H,1H3. The van der Waals surface area contributed by atoms with E-state index in [-0.39, 0.29) is 17.0 Å². The maximum Gasteiger partial charge on any atom is 0.573 e. The normalized spacial score (nSPS) is 14.8. The van der Waals surface area contributed by atoms with E-state index in [9.17, 15) is 22.8 Å². The fourth-order valence-electron chi connectivity index (χ4n) is 2.51. The van der Waals surface area contributed by atoms with Crippen LogP contribution in [0.3, 0.4) is 0 Å². The molecule has 0 unspecified atom stereocenters. The molecule has 3 rings (SSSR count). The number of halogens is 3. The quantitative estimate of drug-likeness (QED) is 0.847. The lowest BCUT2D eigenvalue weighted by atomic mass is 10.0. The minimum absolute atomic E-state index is 0.0631. The van der Waals surface area contributed by atoms with E-state index < -0.39 is 18.2 Å². The van der Waals surface area contributed by atoms with Gasteiger partial charge in [-0.05, 0) is 29.8 Å². The summed E-state index contributed by atoms with van der Waals surface area (Å²) in [7, 11) is 1.36. The Balaban J connectivity index is 1.92. The summed E-state index contributed by atoms with van der Waals surface area (Å²) in [6.07, 6.45) is -4.78. The number of nitrogens with one attached hydrogen (secondary N) is 1. The number of amides is 2.